The number of hydrogen-bond acceptors (Lipinski definition) is 5. The number of esters is 2. The minimum atomic E-state index is -0.628. The van der Waals surface area contributed by atoms with Crippen LogP contribution >= 0.6 is 0 Å². The van der Waals surface area contributed by atoms with Crippen LogP contribution in [0.2, 0.25) is 0 Å². The summed E-state index contributed by atoms with van der Waals surface area (Å²) < 4.78 is 10.5. The number of carbonyl (C=O) groups excluding carboxylic acids is 2. The lowest BCUT2D eigenvalue weighted by Crippen LogP contribution is -2.48. The summed E-state index contributed by atoms with van der Waals surface area (Å²) in [6, 6.07) is 17.8. The lowest BCUT2D eigenvalue weighted by atomic mass is 10.1. The fraction of sp³-hybridized carbons (Fsp3) is 0.333. The van der Waals surface area contributed by atoms with Crippen molar-refractivity contribution in [2.45, 2.75) is 39.0 Å². The van der Waals surface area contributed by atoms with Gasteiger partial charge in [0.1, 0.15) is 18.7 Å². The van der Waals surface area contributed by atoms with E-state index < -0.39 is 18.1 Å². The quantitative estimate of drug-likeness (QED) is 0.701. The van der Waals surface area contributed by atoms with Crippen LogP contribution in [0.4, 0.5) is 0 Å². The normalized spacial score (nSPS) is 12.8. The zero-order chi connectivity index (χ0) is 18.8. The molecule has 0 bridgehead atoms. The molecule has 0 aromatic heterocycles. The van der Waals surface area contributed by atoms with E-state index in [2.05, 4.69) is 5.32 Å². The predicted molar refractivity (Wildman–Crippen MR) is 99.4 cm³/mol. The molecule has 0 aliphatic carbocycles. The number of rotatable bonds is 9. The third kappa shape index (κ3) is 6.33. The largest absolute Gasteiger partial charge is 0.465 e. The zero-order valence-corrected chi connectivity index (χ0v) is 15.2. The lowest BCUT2D eigenvalue weighted by Gasteiger charge is -2.21. The van der Waals surface area contributed by atoms with E-state index in [9.17, 15) is 9.59 Å². The van der Waals surface area contributed by atoms with Crippen molar-refractivity contribution < 1.29 is 19.1 Å². The van der Waals surface area contributed by atoms with Gasteiger partial charge in [0, 0.05) is 0 Å². The summed E-state index contributed by atoms with van der Waals surface area (Å²) in [5, 5.41) is 3.04. The highest BCUT2D eigenvalue weighted by Crippen LogP contribution is 2.07. The van der Waals surface area contributed by atoms with Gasteiger partial charge >= 0.3 is 11.9 Å². The van der Waals surface area contributed by atoms with Crippen LogP contribution in [0.15, 0.2) is 60.7 Å². The van der Waals surface area contributed by atoms with E-state index in [0.717, 1.165) is 11.1 Å². The van der Waals surface area contributed by atoms with Crippen molar-refractivity contribution in [3.8, 4) is 0 Å². The van der Waals surface area contributed by atoms with Crippen molar-refractivity contribution in [1.29, 1.82) is 0 Å². The van der Waals surface area contributed by atoms with Gasteiger partial charge in [-0.3, -0.25) is 14.9 Å². The molecule has 2 aromatic carbocycles. The molecule has 2 rings (SSSR count). The third-order valence-corrected chi connectivity index (χ3v) is 3.88. The maximum Gasteiger partial charge on any atom is 0.323 e. The first-order valence-electron chi connectivity index (χ1n) is 8.77. The molecule has 0 unspecified atom stereocenters. The minimum absolute atomic E-state index is 0.203. The Labute approximate surface area is 154 Å². The maximum atomic E-state index is 12.2. The first kappa shape index (κ1) is 19.7. The molecule has 0 radical (unpaired) electrons. The molecule has 2 atom stereocenters. The van der Waals surface area contributed by atoms with Crippen LogP contribution in [-0.2, 0) is 32.1 Å². The van der Waals surface area contributed by atoms with Crippen LogP contribution < -0.4 is 5.32 Å². The maximum absolute atomic E-state index is 12.2. The van der Waals surface area contributed by atoms with E-state index in [-0.39, 0.29) is 12.6 Å². The molecule has 0 amide bonds. The van der Waals surface area contributed by atoms with Crippen LogP contribution in [-0.4, -0.2) is 30.6 Å². The van der Waals surface area contributed by atoms with Crippen LogP contribution in [0.1, 0.15) is 25.0 Å². The Morgan fingerprint density at radius 3 is 2.04 bits per heavy atom. The Kier molecular flexibility index (Phi) is 7.83. The summed E-state index contributed by atoms with van der Waals surface area (Å²) >= 11 is 0. The lowest BCUT2D eigenvalue weighted by molar-refractivity contribution is -0.149. The van der Waals surface area contributed by atoms with Gasteiger partial charge in [-0.25, -0.2) is 0 Å². The van der Waals surface area contributed by atoms with Crippen LogP contribution in [0.5, 0.6) is 0 Å². The van der Waals surface area contributed by atoms with Gasteiger partial charge in [-0.2, -0.15) is 0 Å². The van der Waals surface area contributed by atoms with Crippen LogP contribution in [0.25, 0.3) is 0 Å². The topological polar surface area (TPSA) is 64.6 Å². The Balaban J connectivity index is 1.94. The van der Waals surface area contributed by atoms with E-state index in [1.165, 1.54) is 0 Å². The van der Waals surface area contributed by atoms with Gasteiger partial charge in [0.2, 0.25) is 0 Å². The fourth-order valence-corrected chi connectivity index (χ4v) is 2.53. The standard InChI is InChI=1S/C21H25NO4/c1-3-25-21(24)19(14-17-10-6-4-7-11-17)22-16(2)20(23)26-15-18-12-8-5-9-13-18/h4-13,16,19,22H,3,14-15H2,1-2H3/t16-,19-/m0/s1. The molecule has 138 valence electrons. The third-order valence-electron chi connectivity index (χ3n) is 3.88. The molecule has 0 heterocycles. The van der Waals surface area contributed by atoms with E-state index >= 15 is 0 Å². The number of ether oxygens (including phenoxy) is 2. The van der Waals surface area contributed by atoms with Crippen LogP contribution in [0.3, 0.4) is 0 Å². The molecule has 2 aromatic rings. The highest BCUT2D eigenvalue weighted by Gasteiger charge is 2.25. The summed E-state index contributed by atoms with van der Waals surface area (Å²) in [7, 11) is 0. The van der Waals surface area contributed by atoms with Gasteiger partial charge in [0.25, 0.3) is 0 Å². The van der Waals surface area contributed by atoms with E-state index in [0.29, 0.717) is 13.0 Å². The van der Waals surface area contributed by atoms with Crippen molar-refractivity contribution in [3.63, 3.8) is 0 Å². The van der Waals surface area contributed by atoms with E-state index in [1.807, 2.05) is 60.7 Å². The highest BCUT2D eigenvalue weighted by molar-refractivity contribution is 5.79. The summed E-state index contributed by atoms with van der Waals surface area (Å²) in [5.41, 5.74) is 1.90. The van der Waals surface area contributed by atoms with Crippen molar-refractivity contribution in [2.24, 2.45) is 0 Å². The van der Waals surface area contributed by atoms with E-state index in [1.54, 1.807) is 13.8 Å². The molecule has 0 fully saturated rings. The molecule has 5 heteroatoms. The molecule has 1 N–H and O–H groups in total. The summed E-state index contributed by atoms with van der Waals surface area (Å²) in [6.45, 7) is 3.94. The Bertz CT molecular complexity index is 688. The second-order valence-corrected chi connectivity index (χ2v) is 5.98. The Hall–Kier alpha value is -2.66. The van der Waals surface area contributed by atoms with Crippen molar-refractivity contribution in [3.05, 3.63) is 71.8 Å². The van der Waals surface area contributed by atoms with Gasteiger partial charge in [0.15, 0.2) is 0 Å². The molecular formula is C21H25NO4. The van der Waals surface area contributed by atoms with Gasteiger partial charge in [-0.1, -0.05) is 60.7 Å². The second kappa shape index (κ2) is 10.4. The summed E-state index contributed by atoms with van der Waals surface area (Å²) in [5.74, 6) is -0.782. The average molecular weight is 355 g/mol. The van der Waals surface area contributed by atoms with Crippen molar-refractivity contribution in [2.75, 3.05) is 6.61 Å². The Morgan fingerprint density at radius 2 is 1.46 bits per heavy atom. The highest BCUT2D eigenvalue weighted by atomic mass is 16.5. The Morgan fingerprint density at radius 1 is 0.885 bits per heavy atom. The SMILES string of the molecule is CCOC(=O)[C@H](Cc1ccccc1)N[C@@H](C)C(=O)OCc1ccccc1. The molecule has 0 saturated heterocycles. The molecule has 0 aliphatic heterocycles. The summed E-state index contributed by atoms with van der Waals surface area (Å²) in [6.07, 6.45) is 0.440. The van der Waals surface area contributed by atoms with Crippen LogP contribution in [0, 0.1) is 0 Å². The molecule has 26 heavy (non-hydrogen) atoms. The summed E-state index contributed by atoms with van der Waals surface area (Å²) in [4.78, 5) is 24.5. The van der Waals surface area contributed by atoms with Gasteiger partial charge in [-0.05, 0) is 31.4 Å². The molecule has 0 aliphatic rings. The first-order chi connectivity index (χ1) is 12.6. The number of carbonyl (C=O) groups is 2. The molecule has 0 saturated carbocycles. The molecule has 5 nitrogen and oxygen atoms in total. The predicted octanol–water partition coefficient (Wildman–Crippen LogP) is 2.88. The fourth-order valence-electron chi connectivity index (χ4n) is 2.53. The smallest absolute Gasteiger partial charge is 0.323 e. The number of nitrogens with one attached hydrogen (secondary N) is 1. The first-order valence-corrected chi connectivity index (χ1v) is 8.77. The average Bonchev–Trinajstić information content (AvgIpc) is 2.67. The van der Waals surface area contributed by atoms with Gasteiger partial charge < -0.3 is 9.47 Å². The minimum Gasteiger partial charge on any atom is -0.465 e. The second-order valence-electron chi connectivity index (χ2n) is 5.98. The van der Waals surface area contributed by atoms with Crippen molar-refractivity contribution >= 4 is 11.9 Å². The monoisotopic (exact) mass is 355 g/mol. The van der Waals surface area contributed by atoms with Gasteiger partial charge in [-0.15, -0.1) is 0 Å². The molecular weight excluding hydrogens is 330 g/mol. The number of benzene rings is 2. The zero-order valence-electron chi connectivity index (χ0n) is 15.2. The number of hydrogen-bond donors (Lipinski definition) is 1. The van der Waals surface area contributed by atoms with E-state index in [4.69, 9.17) is 9.47 Å². The van der Waals surface area contributed by atoms with Gasteiger partial charge in [0.05, 0.1) is 6.61 Å². The molecule has 0 spiro atoms. The van der Waals surface area contributed by atoms with Crippen molar-refractivity contribution in [1.82, 2.24) is 5.32 Å².